The highest BCUT2D eigenvalue weighted by Crippen LogP contribution is 2.32. The molecule has 0 amide bonds. The van der Waals surface area contributed by atoms with E-state index in [2.05, 4.69) is 44.6 Å². The number of nitrogens with zero attached hydrogens (tertiary/aromatic N) is 3. The molecule has 108 valence electrons. The number of imidazole rings is 1. The maximum Gasteiger partial charge on any atom is 0.148 e. The molecule has 0 bridgehead atoms. The molecule has 1 aromatic rings. The first-order valence-corrected chi connectivity index (χ1v) is 6.84. The zero-order valence-corrected chi connectivity index (χ0v) is 12.9. The second-order valence-electron chi connectivity index (χ2n) is 6.20. The lowest BCUT2D eigenvalue weighted by atomic mass is 9.88. The van der Waals surface area contributed by atoms with Gasteiger partial charge in [-0.2, -0.15) is 0 Å². The van der Waals surface area contributed by atoms with Crippen LogP contribution in [0.3, 0.4) is 0 Å². The highest BCUT2D eigenvalue weighted by molar-refractivity contribution is 5.99. The van der Waals surface area contributed by atoms with Gasteiger partial charge in [-0.05, 0) is 25.7 Å². The Morgan fingerprint density at radius 1 is 1.42 bits per heavy atom. The Morgan fingerprint density at radius 2 is 2.00 bits per heavy atom. The predicted octanol–water partition coefficient (Wildman–Crippen LogP) is 2.58. The average molecular weight is 265 g/mol. The normalized spacial score (nSPS) is 16.4. The van der Waals surface area contributed by atoms with Crippen LogP contribution in [0.15, 0.2) is 11.3 Å². The van der Waals surface area contributed by atoms with Crippen molar-refractivity contribution in [3.8, 4) is 0 Å². The van der Waals surface area contributed by atoms with Crippen molar-refractivity contribution in [1.29, 1.82) is 0 Å². The number of aliphatic imine (C=N–C) groups is 1. The Kier molecular flexibility index (Phi) is 4.61. The lowest BCUT2D eigenvalue weighted by Gasteiger charge is -2.29. The van der Waals surface area contributed by atoms with Crippen LogP contribution in [0, 0.1) is 5.41 Å². The van der Waals surface area contributed by atoms with E-state index in [1.165, 1.54) is 0 Å². The summed E-state index contributed by atoms with van der Waals surface area (Å²) in [6.07, 6.45) is 2.69. The fraction of sp³-hybridized carbons (Fsp3) is 0.714. The van der Waals surface area contributed by atoms with E-state index in [1.54, 1.807) is 6.33 Å². The van der Waals surface area contributed by atoms with Gasteiger partial charge >= 0.3 is 0 Å². The molecule has 0 aliphatic heterocycles. The van der Waals surface area contributed by atoms with Gasteiger partial charge in [-0.25, -0.2) is 4.98 Å². The molecule has 0 aliphatic rings. The first kappa shape index (κ1) is 15.5. The van der Waals surface area contributed by atoms with Gasteiger partial charge in [0.15, 0.2) is 0 Å². The third-order valence-electron chi connectivity index (χ3n) is 3.70. The molecule has 0 aliphatic carbocycles. The van der Waals surface area contributed by atoms with Crippen molar-refractivity contribution in [2.75, 3.05) is 5.73 Å². The summed E-state index contributed by atoms with van der Waals surface area (Å²) in [5, 5.41) is 0. The molecule has 1 aromatic heterocycles. The van der Waals surface area contributed by atoms with Crippen molar-refractivity contribution >= 4 is 11.7 Å². The van der Waals surface area contributed by atoms with Gasteiger partial charge in [-0.3, -0.25) is 4.99 Å². The number of amidine groups is 1. The molecule has 2 unspecified atom stereocenters. The maximum absolute atomic E-state index is 6.16. The molecule has 19 heavy (non-hydrogen) atoms. The van der Waals surface area contributed by atoms with Gasteiger partial charge in [0.05, 0.1) is 6.33 Å². The number of nitrogen functional groups attached to an aromatic ring is 1. The number of aromatic nitrogens is 2. The zero-order valence-electron chi connectivity index (χ0n) is 12.9. The van der Waals surface area contributed by atoms with Crippen LogP contribution in [0.2, 0.25) is 0 Å². The fourth-order valence-corrected chi connectivity index (χ4v) is 1.68. The van der Waals surface area contributed by atoms with E-state index in [9.17, 15) is 0 Å². The van der Waals surface area contributed by atoms with Gasteiger partial charge in [0.25, 0.3) is 0 Å². The summed E-state index contributed by atoms with van der Waals surface area (Å²) in [6, 6.07) is 0.426. The molecular weight excluding hydrogens is 238 g/mol. The number of hydrogen-bond donors (Lipinski definition) is 2. The Balaban J connectivity index is 3.09. The van der Waals surface area contributed by atoms with Crippen molar-refractivity contribution in [3.63, 3.8) is 0 Å². The second-order valence-corrected chi connectivity index (χ2v) is 6.20. The quantitative estimate of drug-likeness (QED) is 0.648. The highest BCUT2D eigenvalue weighted by atomic mass is 15.2. The first-order valence-electron chi connectivity index (χ1n) is 6.84. The van der Waals surface area contributed by atoms with E-state index in [4.69, 9.17) is 11.5 Å². The van der Waals surface area contributed by atoms with Crippen molar-refractivity contribution in [3.05, 3.63) is 12.0 Å². The summed E-state index contributed by atoms with van der Waals surface area (Å²) in [6.45, 7) is 12.8. The third kappa shape index (κ3) is 3.49. The monoisotopic (exact) mass is 265 g/mol. The average Bonchev–Trinajstić information content (AvgIpc) is 2.68. The smallest absolute Gasteiger partial charge is 0.148 e. The van der Waals surface area contributed by atoms with E-state index in [1.807, 2.05) is 11.5 Å². The zero-order chi connectivity index (χ0) is 14.8. The largest absolute Gasteiger partial charge is 0.383 e. The molecule has 2 atom stereocenters. The molecule has 1 rings (SSSR count). The number of nitrogens with two attached hydrogens (primary N) is 2. The summed E-state index contributed by atoms with van der Waals surface area (Å²) < 4.78 is 1.97. The molecule has 0 spiro atoms. The molecule has 0 saturated heterocycles. The molecule has 1 heterocycles. The van der Waals surface area contributed by atoms with Crippen LogP contribution < -0.4 is 11.5 Å². The van der Waals surface area contributed by atoms with Crippen molar-refractivity contribution in [1.82, 2.24) is 9.55 Å². The molecule has 0 saturated carbocycles. The molecule has 0 fully saturated rings. The number of anilines is 1. The van der Waals surface area contributed by atoms with E-state index >= 15 is 0 Å². The van der Waals surface area contributed by atoms with E-state index < -0.39 is 0 Å². The minimum Gasteiger partial charge on any atom is -0.383 e. The molecule has 5 nitrogen and oxygen atoms in total. The van der Waals surface area contributed by atoms with Gasteiger partial charge in [0.2, 0.25) is 0 Å². The van der Waals surface area contributed by atoms with Crippen molar-refractivity contribution < 1.29 is 0 Å². The number of hydrogen-bond acceptors (Lipinski definition) is 3. The summed E-state index contributed by atoms with van der Waals surface area (Å²) >= 11 is 0. The Morgan fingerprint density at radius 3 is 2.47 bits per heavy atom. The van der Waals surface area contributed by atoms with Crippen LogP contribution in [0.25, 0.3) is 0 Å². The molecule has 0 radical (unpaired) electrons. The van der Waals surface area contributed by atoms with Crippen LogP contribution in [-0.4, -0.2) is 21.4 Å². The van der Waals surface area contributed by atoms with Crippen LogP contribution in [0.4, 0.5) is 5.82 Å². The predicted molar refractivity (Wildman–Crippen MR) is 81.3 cm³/mol. The summed E-state index contributed by atoms with van der Waals surface area (Å²) in [4.78, 5) is 8.72. The minimum absolute atomic E-state index is 0.106. The fourth-order valence-electron chi connectivity index (χ4n) is 1.68. The maximum atomic E-state index is 6.16. The Labute approximate surface area is 116 Å². The van der Waals surface area contributed by atoms with E-state index in [0.29, 0.717) is 17.3 Å². The standard InChI is InChI=1S/C14H27N5/c1-7-9(2)18-12(15)11-13(16)19(8-17-11)10(3)14(4,5)6/h8-10H,7,16H2,1-6H3,(H2,15,18). The van der Waals surface area contributed by atoms with Crippen LogP contribution in [-0.2, 0) is 0 Å². The summed E-state index contributed by atoms with van der Waals surface area (Å²) in [5.74, 6) is 1.01. The topological polar surface area (TPSA) is 82.2 Å². The van der Waals surface area contributed by atoms with Gasteiger partial charge in [-0.15, -0.1) is 0 Å². The van der Waals surface area contributed by atoms with Crippen LogP contribution in [0.1, 0.15) is 59.7 Å². The Hall–Kier alpha value is -1.52. The lowest BCUT2D eigenvalue weighted by Crippen LogP contribution is -2.23. The van der Waals surface area contributed by atoms with Crippen LogP contribution in [0.5, 0.6) is 0 Å². The van der Waals surface area contributed by atoms with Crippen molar-refractivity contribution in [2.45, 2.75) is 60.0 Å². The van der Waals surface area contributed by atoms with Gasteiger partial charge in [0, 0.05) is 12.1 Å². The molecule has 4 N–H and O–H groups in total. The molecule has 5 heteroatoms. The van der Waals surface area contributed by atoms with Crippen LogP contribution >= 0.6 is 0 Å². The Bertz CT molecular complexity index is 453. The first-order chi connectivity index (χ1) is 8.68. The van der Waals surface area contributed by atoms with Crippen molar-refractivity contribution in [2.24, 2.45) is 16.1 Å². The molecular formula is C14H27N5. The summed E-state index contributed by atoms with van der Waals surface area (Å²) in [5.41, 5.74) is 12.8. The van der Waals surface area contributed by atoms with E-state index in [0.717, 1.165) is 6.42 Å². The van der Waals surface area contributed by atoms with Gasteiger partial charge in [0.1, 0.15) is 17.3 Å². The van der Waals surface area contributed by atoms with E-state index in [-0.39, 0.29) is 17.5 Å². The van der Waals surface area contributed by atoms with Gasteiger partial charge in [-0.1, -0.05) is 27.7 Å². The molecule has 0 aromatic carbocycles. The number of rotatable bonds is 4. The van der Waals surface area contributed by atoms with Gasteiger partial charge < -0.3 is 16.0 Å². The summed E-state index contributed by atoms with van der Waals surface area (Å²) in [7, 11) is 0. The second kappa shape index (κ2) is 5.63. The SMILES string of the molecule is CCC(C)/N=C(/N)c1ncn(C(C)C(C)(C)C)c1N. The lowest BCUT2D eigenvalue weighted by molar-refractivity contribution is 0.265. The highest BCUT2D eigenvalue weighted by Gasteiger charge is 2.24. The minimum atomic E-state index is 0.106. The third-order valence-corrected chi connectivity index (χ3v) is 3.70.